The third kappa shape index (κ3) is 9.93. The van der Waals surface area contributed by atoms with Gasteiger partial charge >= 0.3 is 5.97 Å². The molecule has 6 heteroatoms. The molecule has 1 heterocycles. The quantitative estimate of drug-likeness (QED) is 0.159. The lowest BCUT2D eigenvalue weighted by atomic mass is 10.0. The van der Waals surface area contributed by atoms with Crippen LogP contribution in [0.2, 0.25) is 18.1 Å². The second-order valence-electron chi connectivity index (χ2n) is 11.0. The highest BCUT2D eigenvalue weighted by molar-refractivity contribution is 6.74. The molecule has 1 saturated heterocycles. The lowest BCUT2D eigenvalue weighted by Crippen LogP contribution is -2.45. The maximum Gasteiger partial charge on any atom is 0.338 e. The van der Waals surface area contributed by atoms with Crippen LogP contribution in [-0.4, -0.2) is 45.0 Å². The average Bonchev–Trinajstić information content (AvgIpc) is 2.94. The first-order valence-electron chi connectivity index (χ1n) is 12.5. The number of hydrogen-bond donors (Lipinski definition) is 0. The lowest BCUT2D eigenvalue weighted by molar-refractivity contribution is -0.170. The highest BCUT2D eigenvalue weighted by atomic mass is 28.4. The summed E-state index contributed by atoms with van der Waals surface area (Å²) in [6.07, 6.45) is 9.64. The fourth-order valence-corrected chi connectivity index (χ4v) is 5.24. The van der Waals surface area contributed by atoms with Gasteiger partial charge in [0.15, 0.2) is 20.2 Å². The predicted molar refractivity (Wildman–Crippen MR) is 130 cm³/mol. The smallest absolute Gasteiger partial charge is 0.338 e. The van der Waals surface area contributed by atoms with Gasteiger partial charge in [-0.1, -0.05) is 72.6 Å². The van der Waals surface area contributed by atoms with E-state index in [2.05, 4.69) is 40.8 Å². The molecular weight excluding hydrogens is 408 g/mol. The predicted octanol–water partition coefficient (Wildman–Crippen LogP) is 6.99. The van der Waals surface area contributed by atoms with Gasteiger partial charge in [0.2, 0.25) is 0 Å². The van der Waals surface area contributed by atoms with Gasteiger partial charge in [0.25, 0.3) is 0 Å². The molecule has 0 unspecified atom stereocenters. The molecule has 31 heavy (non-hydrogen) atoms. The Hall–Kier alpha value is -0.433. The Morgan fingerprint density at radius 2 is 1.58 bits per heavy atom. The summed E-state index contributed by atoms with van der Waals surface area (Å²) in [6.45, 7) is 19.5. The van der Waals surface area contributed by atoms with Crippen molar-refractivity contribution in [3.05, 3.63) is 0 Å². The average molecular weight is 459 g/mol. The molecule has 0 spiro atoms. The normalized spacial score (nSPS) is 22.5. The van der Waals surface area contributed by atoms with Gasteiger partial charge in [-0.05, 0) is 45.3 Å². The molecule has 1 aliphatic rings. The summed E-state index contributed by atoms with van der Waals surface area (Å²) in [6, 6.07) is 0. The van der Waals surface area contributed by atoms with Crippen molar-refractivity contribution in [3.8, 4) is 0 Å². The molecule has 3 atom stereocenters. The first-order chi connectivity index (χ1) is 14.3. The van der Waals surface area contributed by atoms with Gasteiger partial charge < -0.3 is 18.6 Å². The molecular formula is C25H50O5Si. The minimum Gasteiger partial charge on any atom is -0.464 e. The van der Waals surface area contributed by atoms with Crippen LogP contribution in [0, 0.1) is 0 Å². The molecule has 0 aromatic carbocycles. The molecule has 0 radical (unpaired) electrons. The summed E-state index contributed by atoms with van der Waals surface area (Å²) >= 11 is 0. The molecule has 0 amide bonds. The largest absolute Gasteiger partial charge is 0.464 e. The standard InChI is InChI=1S/C25H50O5Si/c1-10-12-13-14-15-16-17-18-20(30-31(8,9)24(3,4)5)19-21-22(23(26)27-11-2)29-25(6,7)28-21/h20-22H,10-19H2,1-9H3/t20-,21+,22-/m1/s1. The van der Waals surface area contributed by atoms with Crippen molar-refractivity contribution in [3.63, 3.8) is 0 Å². The van der Waals surface area contributed by atoms with Crippen LogP contribution in [-0.2, 0) is 23.4 Å². The molecule has 1 rings (SSSR count). The highest BCUT2D eigenvalue weighted by Gasteiger charge is 2.48. The molecule has 184 valence electrons. The molecule has 5 nitrogen and oxygen atoms in total. The molecule has 0 aromatic rings. The number of carbonyl (C=O) groups excluding carboxylic acids is 1. The second-order valence-corrected chi connectivity index (χ2v) is 15.7. The lowest BCUT2D eigenvalue weighted by Gasteiger charge is -2.40. The second kappa shape index (κ2) is 12.7. The van der Waals surface area contributed by atoms with E-state index < -0.39 is 20.2 Å². The Morgan fingerprint density at radius 3 is 2.13 bits per heavy atom. The van der Waals surface area contributed by atoms with Crippen LogP contribution in [0.15, 0.2) is 0 Å². The van der Waals surface area contributed by atoms with Crippen molar-refractivity contribution in [2.45, 2.75) is 148 Å². The molecule has 0 saturated carbocycles. The van der Waals surface area contributed by atoms with Crippen molar-refractivity contribution in [1.82, 2.24) is 0 Å². The van der Waals surface area contributed by atoms with E-state index in [9.17, 15) is 4.79 Å². The highest BCUT2D eigenvalue weighted by Crippen LogP contribution is 2.39. The number of ether oxygens (including phenoxy) is 3. The summed E-state index contributed by atoms with van der Waals surface area (Å²) in [5, 5.41) is 0.137. The van der Waals surface area contributed by atoms with Gasteiger partial charge in [0.1, 0.15) is 6.10 Å². The summed E-state index contributed by atoms with van der Waals surface area (Å²) in [4.78, 5) is 12.5. The third-order valence-corrected chi connectivity index (χ3v) is 11.1. The Kier molecular flexibility index (Phi) is 11.7. The van der Waals surface area contributed by atoms with Crippen molar-refractivity contribution in [2.24, 2.45) is 0 Å². The third-order valence-electron chi connectivity index (χ3n) is 6.59. The number of carbonyl (C=O) groups is 1. The van der Waals surface area contributed by atoms with E-state index in [4.69, 9.17) is 18.6 Å². The van der Waals surface area contributed by atoms with E-state index in [0.29, 0.717) is 13.0 Å². The van der Waals surface area contributed by atoms with Gasteiger partial charge in [0.05, 0.1) is 6.61 Å². The number of rotatable bonds is 14. The van der Waals surface area contributed by atoms with Crippen LogP contribution in [0.5, 0.6) is 0 Å². The first kappa shape index (κ1) is 28.6. The van der Waals surface area contributed by atoms with Gasteiger partial charge in [-0.25, -0.2) is 4.79 Å². The summed E-state index contributed by atoms with van der Waals surface area (Å²) in [7, 11) is -1.94. The SMILES string of the molecule is CCCCCCCCC[C@H](C[C@@H]1OC(C)(C)O[C@H]1C(=O)OCC)O[Si](C)(C)C(C)(C)C. The molecule has 1 fully saturated rings. The maximum atomic E-state index is 12.5. The minimum atomic E-state index is -1.94. The van der Waals surface area contributed by atoms with Crippen LogP contribution in [0.1, 0.15) is 106 Å². The van der Waals surface area contributed by atoms with Crippen LogP contribution in [0.25, 0.3) is 0 Å². The van der Waals surface area contributed by atoms with E-state index in [1.54, 1.807) is 0 Å². The fourth-order valence-electron chi connectivity index (χ4n) is 3.84. The van der Waals surface area contributed by atoms with Crippen molar-refractivity contribution >= 4 is 14.3 Å². The van der Waals surface area contributed by atoms with E-state index in [-0.39, 0.29) is 23.2 Å². The van der Waals surface area contributed by atoms with Gasteiger partial charge in [-0.3, -0.25) is 0 Å². The molecule has 1 aliphatic heterocycles. The topological polar surface area (TPSA) is 54.0 Å². The summed E-state index contributed by atoms with van der Waals surface area (Å²) in [5.74, 6) is -1.12. The van der Waals surface area contributed by atoms with Crippen LogP contribution in [0.3, 0.4) is 0 Å². The number of hydrogen-bond acceptors (Lipinski definition) is 5. The first-order valence-corrected chi connectivity index (χ1v) is 15.4. The molecule has 0 aliphatic carbocycles. The zero-order chi connectivity index (χ0) is 23.7. The van der Waals surface area contributed by atoms with Gasteiger partial charge in [-0.15, -0.1) is 0 Å². The van der Waals surface area contributed by atoms with Crippen LogP contribution in [0.4, 0.5) is 0 Å². The van der Waals surface area contributed by atoms with Crippen LogP contribution < -0.4 is 0 Å². The molecule has 0 N–H and O–H groups in total. The Bertz CT molecular complexity index is 526. The number of unbranched alkanes of at least 4 members (excludes halogenated alkanes) is 6. The van der Waals surface area contributed by atoms with E-state index >= 15 is 0 Å². The van der Waals surface area contributed by atoms with Gasteiger partial charge in [0, 0.05) is 12.5 Å². The number of esters is 1. The summed E-state index contributed by atoms with van der Waals surface area (Å²) < 4.78 is 24.1. The zero-order valence-electron chi connectivity index (χ0n) is 21.8. The van der Waals surface area contributed by atoms with E-state index in [0.717, 1.165) is 12.8 Å². The van der Waals surface area contributed by atoms with E-state index in [1.165, 1.54) is 38.5 Å². The fraction of sp³-hybridized carbons (Fsp3) is 0.960. The van der Waals surface area contributed by atoms with Crippen LogP contribution >= 0.6 is 0 Å². The van der Waals surface area contributed by atoms with Crippen molar-refractivity contribution < 1.29 is 23.4 Å². The minimum absolute atomic E-state index is 0.0657. The molecule has 0 aromatic heterocycles. The monoisotopic (exact) mass is 458 g/mol. The Balaban J connectivity index is 2.80. The zero-order valence-corrected chi connectivity index (χ0v) is 22.8. The van der Waals surface area contributed by atoms with Crippen molar-refractivity contribution in [1.29, 1.82) is 0 Å². The Labute approximate surface area is 193 Å². The van der Waals surface area contributed by atoms with Gasteiger partial charge in [-0.2, -0.15) is 0 Å². The summed E-state index contributed by atoms with van der Waals surface area (Å²) in [5.41, 5.74) is 0. The Morgan fingerprint density at radius 1 is 1.00 bits per heavy atom. The van der Waals surface area contributed by atoms with Crippen molar-refractivity contribution in [2.75, 3.05) is 6.61 Å². The maximum absolute atomic E-state index is 12.5. The molecule has 0 bridgehead atoms. The van der Waals surface area contributed by atoms with E-state index in [1.807, 2.05) is 20.8 Å².